The Bertz CT molecular complexity index is 365. The Morgan fingerprint density at radius 3 is 2.62 bits per heavy atom. The van der Waals surface area contributed by atoms with E-state index in [1.54, 1.807) is 0 Å². The molecule has 0 heterocycles. The Balaban J connectivity index is 2.99. The predicted octanol–water partition coefficient (Wildman–Crippen LogP) is 1.20. The van der Waals surface area contributed by atoms with E-state index in [9.17, 15) is 4.79 Å². The molecule has 0 aromatic heterocycles. The molecule has 1 aromatic carbocycles. The number of nitrogens with zero attached hydrogens (tertiary/aromatic N) is 1. The van der Waals surface area contributed by atoms with Gasteiger partial charge in [0.1, 0.15) is 6.04 Å². The van der Waals surface area contributed by atoms with Crippen LogP contribution in [0, 0.1) is 6.92 Å². The zero-order valence-corrected chi connectivity index (χ0v) is 10.0. The minimum absolute atomic E-state index is 0.176. The molecule has 1 unspecified atom stereocenters. The summed E-state index contributed by atoms with van der Waals surface area (Å²) in [5.41, 5.74) is 4.41. The van der Waals surface area contributed by atoms with E-state index in [0.29, 0.717) is 0 Å². The summed E-state index contributed by atoms with van der Waals surface area (Å²) in [4.78, 5) is 13.5. The van der Waals surface area contributed by atoms with Gasteiger partial charge in [-0.15, -0.1) is 0 Å². The molecule has 0 aliphatic rings. The number of hydrogen-bond acceptors (Lipinski definition) is 3. The van der Waals surface area contributed by atoms with Crippen LogP contribution in [-0.2, 0) is 4.79 Å². The molecule has 4 heteroatoms. The van der Waals surface area contributed by atoms with Gasteiger partial charge in [0.25, 0.3) is 5.91 Å². The minimum Gasteiger partial charge on any atom is -0.360 e. The van der Waals surface area contributed by atoms with Gasteiger partial charge in [-0.05, 0) is 32.4 Å². The van der Waals surface area contributed by atoms with Crippen molar-refractivity contribution >= 4 is 11.6 Å². The second-order valence-corrected chi connectivity index (χ2v) is 3.76. The lowest BCUT2D eigenvalue weighted by Gasteiger charge is -2.30. The van der Waals surface area contributed by atoms with Gasteiger partial charge < -0.3 is 4.90 Å². The van der Waals surface area contributed by atoms with Crippen LogP contribution >= 0.6 is 0 Å². The fraction of sp³-hybridized carbons (Fsp3) is 0.417. The van der Waals surface area contributed by atoms with Crippen molar-refractivity contribution in [3.05, 3.63) is 29.8 Å². The highest BCUT2D eigenvalue weighted by Gasteiger charge is 2.20. The topological polar surface area (TPSA) is 58.4 Å². The zero-order valence-electron chi connectivity index (χ0n) is 10.0. The van der Waals surface area contributed by atoms with E-state index in [2.05, 4.69) is 5.43 Å². The summed E-state index contributed by atoms with van der Waals surface area (Å²) in [7, 11) is 0. The van der Waals surface area contributed by atoms with E-state index in [1.807, 2.05) is 49.9 Å². The van der Waals surface area contributed by atoms with Crippen LogP contribution in [0.3, 0.4) is 0 Å². The lowest BCUT2D eigenvalue weighted by atomic mass is 10.1. The molecule has 0 aliphatic heterocycles. The molecule has 0 radical (unpaired) electrons. The number of aryl methyl sites for hydroxylation is 1. The fourth-order valence-electron chi connectivity index (χ4n) is 1.80. The number of nitrogens with one attached hydrogen (secondary N) is 1. The Kier molecular flexibility index (Phi) is 4.31. The van der Waals surface area contributed by atoms with Crippen molar-refractivity contribution in [2.45, 2.75) is 26.8 Å². The van der Waals surface area contributed by atoms with Crippen molar-refractivity contribution in [2.24, 2.45) is 5.84 Å². The van der Waals surface area contributed by atoms with Gasteiger partial charge in [0, 0.05) is 12.2 Å². The number of anilines is 1. The molecule has 4 nitrogen and oxygen atoms in total. The van der Waals surface area contributed by atoms with Crippen molar-refractivity contribution in [1.29, 1.82) is 0 Å². The number of hydrazine groups is 1. The van der Waals surface area contributed by atoms with Crippen molar-refractivity contribution in [2.75, 3.05) is 11.4 Å². The molecule has 0 saturated heterocycles. The molecule has 88 valence electrons. The fourth-order valence-corrected chi connectivity index (χ4v) is 1.80. The second-order valence-electron chi connectivity index (χ2n) is 3.76. The Hall–Kier alpha value is -1.55. The lowest BCUT2D eigenvalue weighted by molar-refractivity contribution is -0.122. The van der Waals surface area contributed by atoms with Crippen LogP contribution in [0.2, 0.25) is 0 Å². The molecule has 0 spiro atoms. The molecule has 0 aliphatic carbocycles. The summed E-state index contributed by atoms with van der Waals surface area (Å²) in [6, 6.07) is 7.74. The molecule has 1 atom stereocenters. The predicted molar refractivity (Wildman–Crippen MR) is 66.0 cm³/mol. The Morgan fingerprint density at radius 1 is 1.50 bits per heavy atom. The summed E-state index contributed by atoms with van der Waals surface area (Å²) in [5, 5.41) is 0. The third kappa shape index (κ3) is 2.52. The van der Waals surface area contributed by atoms with Crippen LogP contribution in [0.15, 0.2) is 24.3 Å². The van der Waals surface area contributed by atoms with E-state index in [-0.39, 0.29) is 11.9 Å². The van der Waals surface area contributed by atoms with Crippen molar-refractivity contribution < 1.29 is 4.79 Å². The van der Waals surface area contributed by atoms with Gasteiger partial charge in [-0.1, -0.05) is 18.2 Å². The summed E-state index contributed by atoms with van der Waals surface area (Å²) >= 11 is 0. The number of benzene rings is 1. The molecule has 0 fully saturated rings. The van der Waals surface area contributed by atoms with Crippen molar-refractivity contribution in [3.63, 3.8) is 0 Å². The van der Waals surface area contributed by atoms with Gasteiger partial charge in [-0.2, -0.15) is 0 Å². The van der Waals surface area contributed by atoms with E-state index in [0.717, 1.165) is 17.8 Å². The first kappa shape index (κ1) is 12.5. The Morgan fingerprint density at radius 2 is 2.12 bits per heavy atom. The molecular formula is C12H19N3O. The van der Waals surface area contributed by atoms with Gasteiger partial charge >= 0.3 is 0 Å². The quantitative estimate of drug-likeness (QED) is 0.456. The van der Waals surface area contributed by atoms with Crippen LogP contribution in [0.25, 0.3) is 0 Å². The minimum atomic E-state index is -0.268. The third-order valence-electron chi connectivity index (χ3n) is 2.75. The summed E-state index contributed by atoms with van der Waals surface area (Å²) in [6.45, 7) is 6.66. The monoisotopic (exact) mass is 221 g/mol. The molecule has 16 heavy (non-hydrogen) atoms. The highest BCUT2D eigenvalue weighted by atomic mass is 16.2. The average Bonchev–Trinajstić information content (AvgIpc) is 2.31. The maximum Gasteiger partial charge on any atom is 0.256 e. The molecule has 1 rings (SSSR count). The van der Waals surface area contributed by atoms with Crippen molar-refractivity contribution in [3.8, 4) is 0 Å². The number of rotatable bonds is 4. The van der Waals surface area contributed by atoms with Crippen LogP contribution in [-0.4, -0.2) is 18.5 Å². The van der Waals surface area contributed by atoms with E-state index in [4.69, 9.17) is 5.84 Å². The number of likely N-dealkylation sites (N-methyl/N-ethyl adjacent to an activating group) is 1. The smallest absolute Gasteiger partial charge is 0.256 e. The Labute approximate surface area is 96.4 Å². The van der Waals surface area contributed by atoms with E-state index in [1.165, 1.54) is 0 Å². The normalized spacial score (nSPS) is 12.0. The number of carbonyl (C=O) groups excluding carboxylic acids is 1. The number of para-hydroxylation sites is 1. The number of nitrogens with two attached hydrogens (primary N) is 1. The van der Waals surface area contributed by atoms with Gasteiger partial charge in [0.2, 0.25) is 0 Å². The van der Waals surface area contributed by atoms with E-state index < -0.39 is 0 Å². The van der Waals surface area contributed by atoms with Gasteiger partial charge in [-0.25, -0.2) is 5.84 Å². The summed E-state index contributed by atoms with van der Waals surface area (Å²) in [5.74, 6) is 4.98. The standard InChI is InChI=1S/C12H19N3O/c1-4-15(10(3)12(16)14-13)11-8-6-5-7-9(11)2/h5-8,10H,4,13H2,1-3H3,(H,14,16). The maximum atomic E-state index is 11.5. The third-order valence-corrected chi connectivity index (χ3v) is 2.75. The maximum absolute atomic E-state index is 11.5. The van der Waals surface area contributed by atoms with E-state index >= 15 is 0 Å². The molecule has 1 amide bonds. The largest absolute Gasteiger partial charge is 0.360 e. The first-order chi connectivity index (χ1) is 7.61. The highest BCUT2D eigenvalue weighted by molar-refractivity contribution is 5.84. The van der Waals surface area contributed by atoms with Gasteiger partial charge in [0.15, 0.2) is 0 Å². The second kappa shape index (κ2) is 5.51. The summed E-state index contributed by atoms with van der Waals surface area (Å²) in [6.07, 6.45) is 0. The average molecular weight is 221 g/mol. The molecule has 3 N–H and O–H groups in total. The van der Waals surface area contributed by atoms with Gasteiger partial charge in [0.05, 0.1) is 0 Å². The SMILES string of the molecule is CCN(c1ccccc1C)C(C)C(=O)NN. The first-order valence-corrected chi connectivity index (χ1v) is 5.44. The van der Waals surface area contributed by atoms with Gasteiger partial charge in [-0.3, -0.25) is 10.2 Å². The number of amides is 1. The molecule has 1 aromatic rings. The van der Waals surface area contributed by atoms with Crippen LogP contribution in [0.4, 0.5) is 5.69 Å². The van der Waals surface area contributed by atoms with Crippen LogP contribution in [0.5, 0.6) is 0 Å². The van der Waals surface area contributed by atoms with Crippen molar-refractivity contribution in [1.82, 2.24) is 5.43 Å². The van der Waals surface area contributed by atoms with Crippen LogP contribution < -0.4 is 16.2 Å². The molecule has 0 saturated carbocycles. The number of hydrogen-bond donors (Lipinski definition) is 2. The first-order valence-electron chi connectivity index (χ1n) is 5.44. The molecule has 0 bridgehead atoms. The number of carbonyl (C=O) groups is 1. The highest BCUT2D eigenvalue weighted by Crippen LogP contribution is 2.21. The summed E-state index contributed by atoms with van der Waals surface area (Å²) < 4.78 is 0. The van der Waals surface area contributed by atoms with Crippen LogP contribution in [0.1, 0.15) is 19.4 Å². The lowest BCUT2D eigenvalue weighted by Crippen LogP contribution is -2.47. The molecular weight excluding hydrogens is 202 g/mol. The zero-order chi connectivity index (χ0) is 12.1.